The van der Waals surface area contributed by atoms with Gasteiger partial charge in [-0.25, -0.2) is 9.78 Å². The van der Waals surface area contributed by atoms with Gasteiger partial charge in [-0.05, 0) is 42.8 Å². The van der Waals surface area contributed by atoms with E-state index in [0.717, 1.165) is 44.0 Å². The highest BCUT2D eigenvalue weighted by molar-refractivity contribution is 5.99. The van der Waals surface area contributed by atoms with Crippen LogP contribution in [0.1, 0.15) is 16.8 Å². The van der Waals surface area contributed by atoms with E-state index in [1.54, 1.807) is 36.1 Å². The molecule has 170 valence electrons. The Morgan fingerprint density at radius 3 is 2.48 bits per heavy atom. The van der Waals surface area contributed by atoms with E-state index < -0.39 is 0 Å². The standard InChI is InChI=1S/C24H28N8O/c1-30-11-13-32(14-12-30)17-19-3-7-20(8-4-19)27-24(33)28-23-15-21(31(2)29-23)9-5-18-6-10-22(25)26-16-18/h3-4,6-8,10,15-16H,11-14,17H2,1-2H3,(H2,25,26)(H2,27,28,29,33). The number of aromatic nitrogens is 3. The van der Waals surface area contributed by atoms with Crippen molar-refractivity contribution in [2.24, 2.45) is 7.05 Å². The number of aryl methyl sites for hydroxylation is 1. The van der Waals surface area contributed by atoms with Crippen molar-refractivity contribution >= 4 is 23.4 Å². The molecule has 0 spiro atoms. The van der Waals surface area contributed by atoms with Gasteiger partial charge in [-0.2, -0.15) is 5.10 Å². The third kappa shape index (κ3) is 6.32. The first kappa shape index (κ1) is 22.3. The highest BCUT2D eigenvalue weighted by Gasteiger charge is 2.14. The van der Waals surface area contributed by atoms with E-state index in [1.165, 1.54) is 5.56 Å². The fourth-order valence-electron chi connectivity index (χ4n) is 3.50. The van der Waals surface area contributed by atoms with Crippen molar-refractivity contribution in [1.29, 1.82) is 0 Å². The summed E-state index contributed by atoms with van der Waals surface area (Å²) in [4.78, 5) is 21.2. The predicted molar refractivity (Wildman–Crippen MR) is 130 cm³/mol. The summed E-state index contributed by atoms with van der Waals surface area (Å²) in [6, 6.07) is 12.8. The third-order valence-corrected chi connectivity index (χ3v) is 5.46. The Labute approximate surface area is 193 Å². The van der Waals surface area contributed by atoms with Gasteiger partial charge in [0.1, 0.15) is 11.5 Å². The number of likely N-dealkylation sites (N-methyl/N-ethyl adjacent to an activating group) is 1. The Morgan fingerprint density at radius 2 is 1.79 bits per heavy atom. The molecular formula is C24H28N8O. The normalized spacial score (nSPS) is 14.4. The molecule has 1 aliphatic rings. The topological polar surface area (TPSA) is 104 Å². The van der Waals surface area contributed by atoms with E-state index in [9.17, 15) is 4.79 Å². The van der Waals surface area contributed by atoms with E-state index in [2.05, 4.69) is 61.5 Å². The van der Waals surface area contributed by atoms with Crippen molar-refractivity contribution in [3.05, 3.63) is 65.5 Å². The van der Waals surface area contributed by atoms with Gasteiger partial charge in [0.25, 0.3) is 0 Å². The van der Waals surface area contributed by atoms with E-state index in [-0.39, 0.29) is 6.03 Å². The number of carbonyl (C=O) groups excluding carboxylic acids is 1. The van der Waals surface area contributed by atoms with Gasteiger partial charge in [-0.1, -0.05) is 18.1 Å². The Morgan fingerprint density at radius 1 is 1.03 bits per heavy atom. The number of nitrogen functional groups attached to an aromatic ring is 1. The Balaban J connectivity index is 1.31. The fourth-order valence-corrected chi connectivity index (χ4v) is 3.50. The van der Waals surface area contributed by atoms with Crippen LogP contribution < -0.4 is 16.4 Å². The van der Waals surface area contributed by atoms with Crippen molar-refractivity contribution < 1.29 is 4.79 Å². The smallest absolute Gasteiger partial charge is 0.324 e. The van der Waals surface area contributed by atoms with Gasteiger partial charge in [0.15, 0.2) is 5.82 Å². The SMILES string of the molecule is CN1CCN(Cc2ccc(NC(=O)Nc3cc(C#Cc4ccc(N)nc4)n(C)n3)cc2)CC1. The molecule has 33 heavy (non-hydrogen) atoms. The van der Waals surface area contributed by atoms with Crippen molar-refractivity contribution in [2.75, 3.05) is 49.6 Å². The first-order chi connectivity index (χ1) is 15.9. The van der Waals surface area contributed by atoms with Crippen LogP contribution in [-0.2, 0) is 13.6 Å². The highest BCUT2D eigenvalue weighted by Crippen LogP contribution is 2.14. The quantitative estimate of drug-likeness (QED) is 0.533. The van der Waals surface area contributed by atoms with Crippen LogP contribution in [0.15, 0.2) is 48.7 Å². The molecule has 0 saturated carbocycles. The van der Waals surface area contributed by atoms with Crippen molar-refractivity contribution in [3.63, 3.8) is 0 Å². The summed E-state index contributed by atoms with van der Waals surface area (Å²) in [6.45, 7) is 5.27. The monoisotopic (exact) mass is 444 g/mol. The molecule has 0 aliphatic carbocycles. The number of urea groups is 1. The molecule has 0 radical (unpaired) electrons. The highest BCUT2D eigenvalue weighted by atomic mass is 16.2. The van der Waals surface area contributed by atoms with E-state index in [4.69, 9.17) is 5.73 Å². The lowest BCUT2D eigenvalue weighted by molar-refractivity contribution is 0.148. The minimum Gasteiger partial charge on any atom is -0.384 e. The Kier molecular flexibility index (Phi) is 6.88. The number of hydrogen-bond donors (Lipinski definition) is 3. The zero-order valence-electron chi connectivity index (χ0n) is 18.9. The number of carbonyl (C=O) groups is 1. The van der Waals surface area contributed by atoms with Crippen LogP contribution in [0.5, 0.6) is 0 Å². The molecule has 2 aromatic heterocycles. The number of nitrogens with zero attached hydrogens (tertiary/aromatic N) is 5. The van der Waals surface area contributed by atoms with Crippen molar-refractivity contribution in [2.45, 2.75) is 6.54 Å². The molecule has 3 heterocycles. The van der Waals surface area contributed by atoms with Gasteiger partial charge in [-0.3, -0.25) is 14.9 Å². The van der Waals surface area contributed by atoms with Crippen LogP contribution in [0.25, 0.3) is 0 Å². The lowest BCUT2D eigenvalue weighted by Crippen LogP contribution is -2.43. The van der Waals surface area contributed by atoms with Crippen LogP contribution in [0.4, 0.5) is 22.1 Å². The molecule has 1 aliphatic heterocycles. The molecule has 0 bridgehead atoms. The fraction of sp³-hybridized carbons (Fsp3) is 0.292. The maximum absolute atomic E-state index is 12.4. The number of hydrogen-bond acceptors (Lipinski definition) is 6. The maximum Gasteiger partial charge on any atom is 0.324 e. The molecule has 1 saturated heterocycles. The number of amides is 2. The predicted octanol–water partition coefficient (Wildman–Crippen LogP) is 2.19. The molecule has 4 N–H and O–H groups in total. The molecule has 3 aromatic rings. The van der Waals surface area contributed by atoms with Crippen molar-refractivity contribution in [1.82, 2.24) is 24.6 Å². The van der Waals surface area contributed by atoms with E-state index >= 15 is 0 Å². The Hall–Kier alpha value is -3.87. The summed E-state index contributed by atoms with van der Waals surface area (Å²) < 4.78 is 1.61. The molecular weight excluding hydrogens is 416 g/mol. The minimum atomic E-state index is -0.359. The summed E-state index contributed by atoms with van der Waals surface area (Å²) >= 11 is 0. The van der Waals surface area contributed by atoms with Gasteiger partial charge in [-0.15, -0.1) is 0 Å². The largest absolute Gasteiger partial charge is 0.384 e. The maximum atomic E-state index is 12.4. The minimum absolute atomic E-state index is 0.359. The van der Waals surface area contributed by atoms with Gasteiger partial charge < -0.3 is 16.0 Å². The summed E-state index contributed by atoms with van der Waals surface area (Å²) in [5.41, 5.74) is 8.95. The number of pyridine rings is 1. The second kappa shape index (κ2) is 10.2. The van der Waals surface area contributed by atoms with Gasteiger partial charge in [0.2, 0.25) is 0 Å². The number of nitrogens with one attached hydrogen (secondary N) is 2. The molecule has 9 nitrogen and oxygen atoms in total. The number of piperazine rings is 1. The first-order valence-electron chi connectivity index (χ1n) is 10.8. The van der Waals surface area contributed by atoms with Crippen LogP contribution in [0.2, 0.25) is 0 Å². The number of anilines is 3. The summed E-state index contributed by atoms with van der Waals surface area (Å²) in [6.07, 6.45) is 1.61. The molecule has 4 rings (SSSR count). The zero-order chi connectivity index (χ0) is 23.2. The van der Waals surface area contributed by atoms with Gasteiger partial charge in [0.05, 0.1) is 0 Å². The summed E-state index contributed by atoms with van der Waals surface area (Å²) in [5.74, 6) is 6.90. The molecule has 9 heteroatoms. The lowest BCUT2D eigenvalue weighted by atomic mass is 10.2. The average Bonchev–Trinajstić information content (AvgIpc) is 3.15. The second-order valence-electron chi connectivity index (χ2n) is 8.12. The first-order valence-corrected chi connectivity index (χ1v) is 10.8. The molecule has 1 aromatic carbocycles. The Bertz CT molecular complexity index is 1150. The van der Waals surface area contributed by atoms with E-state index in [0.29, 0.717) is 17.3 Å². The van der Waals surface area contributed by atoms with Crippen molar-refractivity contribution in [3.8, 4) is 11.8 Å². The van der Waals surface area contributed by atoms with E-state index in [1.807, 2.05) is 12.1 Å². The van der Waals surface area contributed by atoms with Gasteiger partial charge in [0, 0.05) is 63.3 Å². The number of rotatable bonds is 4. The average molecular weight is 445 g/mol. The molecule has 2 amide bonds. The number of benzene rings is 1. The van der Waals surface area contributed by atoms with Crippen LogP contribution in [0, 0.1) is 11.8 Å². The zero-order valence-corrected chi connectivity index (χ0v) is 18.9. The third-order valence-electron chi connectivity index (χ3n) is 5.46. The van der Waals surface area contributed by atoms with Crippen LogP contribution in [0.3, 0.4) is 0 Å². The lowest BCUT2D eigenvalue weighted by Gasteiger charge is -2.32. The second-order valence-corrected chi connectivity index (χ2v) is 8.12. The molecule has 1 fully saturated rings. The molecule has 0 unspecified atom stereocenters. The van der Waals surface area contributed by atoms with Crippen LogP contribution >= 0.6 is 0 Å². The summed E-state index contributed by atoms with van der Waals surface area (Å²) in [7, 11) is 3.93. The molecule has 0 atom stereocenters. The van der Waals surface area contributed by atoms with Crippen LogP contribution in [-0.4, -0.2) is 63.8 Å². The summed E-state index contributed by atoms with van der Waals surface area (Å²) in [5, 5.41) is 9.89. The van der Waals surface area contributed by atoms with Gasteiger partial charge >= 0.3 is 6.03 Å². The number of nitrogens with two attached hydrogens (primary N) is 1.